The van der Waals surface area contributed by atoms with Crippen LogP contribution in [-0.4, -0.2) is 59.8 Å². The number of H-pyrrole nitrogens is 1. The molecule has 2 aliphatic carbocycles. The number of unbranched alkanes of at least 4 members (excludes halogenated alkanes) is 1. The number of ketones is 1. The standard InChI is InChI=1S/C29H42N4O4/c1-37-22-14-15-23-24(19-31-25(23)18-22)27(34)29(36)33(17-9-8-16-30)26(20-10-4-2-5-11-20)28(35)32-21-12-6-3-7-13-21/h14-15,18-21,26,31H,2-13,16-17,30H2,1H3,(H,32,35)/t26-/m1/s1. The van der Waals surface area contributed by atoms with Crippen LogP contribution in [-0.2, 0) is 9.59 Å². The van der Waals surface area contributed by atoms with Crippen molar-refractivity contribution in [3.63, 3.8) is 0 Å². The van der Waals surface area contributed by atoms with Gasteiger partial charge in [0.15, 0.2) is 0 Å². The van der Waals surface area contributed by atoms with Gasteiger partial charge < -0.3 is 25.7 Å². The smallest absolute Gasteiger partial charge is 0.295 e. The Balaban J connectivity index is 1.63. The second kappa shape index (κ2) is 13.1. The van der Waals surface area contributed by atoms with Crippen molar-refractivity contribution in [2.24, 2.45) is 11.7 Å². The molecule has 2 amide bonds. The maximum Gasteiger partial charge on any atom is 0.295 e. The number of nitrogens with one attached hydrogen (secondary N) is 2. The molecule has 8 nitrogen and oxygen atoms in total. The van der Waals surface area contributed by atoms with E-state index in [4.69, 9.17) is 10.5 Å². The first-order valence-corrected chi connectivity index (χ1v) is 14.0. The fourth-order valence-corrected chi connectivity index (χ4v) is 6.05. The van der Waals surface area contributed by atoms with E-state index in [2.05, 4.69) is 10.3 Å². The number of Topliss-reactive ketones (excluding diaryl/α,β-unsaturated/α-hetero) is 1. The van der Waals surface area contributed by atoms with Gasteiger partial charge in [0.2, 0.25) is 5.91 Å². The minimum Gasteiger partial charge on any atom is -0.497 e. The van der Waals surface area contributed by atoms with E-state index in [1.807, 2.05) is 0 Å². The summed E-state index contributed by atoms with van der Waals surface area (Å²) in [7, 11) is 1.59. The number of hydrogen-bond donors (Lipinski definition) is 3. The summed E-state index contributed by atoms with van der Waals surface area (Å²) in [4.78, 5) is 46.0. The Labute approximate surface area is 219 Å². The van der Waals surface area contributed by atoms with Crippen LogP contribution in [0.3, 0.4) is 0 Å². The molecule has 2 aliphatic rings. The highest BCUT2D eigenvalue weighted by Crippen LogP contribution is 2.31. The second-order valence-electron chi connectivity index (χ2n) is 10.6. The van der Waals surface area contributed by atoms with Gasteiger partial charge >= 0.3 is 0 Å². The van der Waals surface area contributed by atoms with Crippen LogP contribution in [0.2, 0.25) is 0 Å². The summed E-state index contributed by atoms with van der Waals surface area (Å²) in [5.41, 5.74) is 6.80. The number of benzene rings is 1. The van der Waals surface area contributed by atoms with Crippen molar-refractivity contribution in [1.29, 1.82) is 0 Å². The lowest BCUT2D eigenvalue weighted by molar-refractivity contribution is -0.140. The fourth-order valence-electron chi connectivity index (χ4n) is 6.05. The molecule has 1 heterocycles. The van der Waals surface area contributed by atoms with E-state index < -0.39 is 17.7 Å². The first-order chi connectivity index (χ1) is 18.0. The molecule has 2 aromatic rings. The first kappa shape index (κ1) is 27.2. The lowest BCUT2D eigenvalue weighted by Gasteiger charge is -2.38. The number of methoxy groups -OCH3 is 1. The SMILES string of the molecule is COc1ccc2c(C(=O)C(=O)N(CCCCN)[C@@H](C(=O)NC3CCCCC3)C3CCCCC3)c[nH]c2c1. The normalized spacial score (nSPS) is 17.9. The number of ether oxygens (including phenoxy) is 1. The van der Waals surface area contributed by atoms with E-state index in [0.29, 0.717) is 36.2 Å². The number of hydrogen-bond acceptors (Lipinski definition) is 5. The Kier molecular flexibility index (Phi) is 9.61. The highest BCUT2D eigenvalue weighted by atomic mass is 16.5. The zero-order valence-electron chi connectivity index (χ0n) is 22.1. The lowest BCUT2D eigenvalue weighted by Crippen LogP contribution is -2.57. The summed E-state index contributed by atoms with van der Waals surface area (Å²) in [5, 5.41) is 3.94. The van der Waals surface area contributed by atoms with Crippen molar-refractivity contribution in [2.75, 3.05) is 20.2 Å². The van der Waals surface area contributed by atoms with E-state index in [-0.39, 0.29) is 17.9 Å². The van der Waals surface area contributed by atoms with Crippen LogP contribution in [0.1, 0.15) is 87.4 Å². The van der Waals surface area contributed by atoms with Crippen molar-refractivity contribution in [3.8, 4) is 5.75 Å². The van der Waals surface area contributed by atoms with Gasteiger partial charge in [0.25, 0.3) is 11.7 Å². The third-order valence-corrected chi connectivity index (χ3v) is 8.09. The van der Waals surface area contributed by atoms with Gasteiger partial charge in [-0.2, -0.15) is 0 Å². The van der Waals surface area contributed by atoms with Gasteiger partial charge in [-0.3, -0.25) is 14.4 Å². The molecule has 4 rings (SSSR count). The zero-order chi connectivity index (χ0) is 26.2. The highest BCUT2D eigenvalue weighted by molar-refractivity contribution is 6.45. The molecule has 0 saturated heterocycles. The van der Waals surface area contributed by atoms with Gasteiger partial charge in [0.1, 0.15) is 11.8 Å². The summed E-state index contributed by atoms with van der Waals surface area (Å²) < 4.78 is 5.29. The van der Waals surface area contributed by atoms with Gasteiger partial charge in [-0.05, 0) is 63.1 Å². The molecule has 8 heteroatoms. The number of rotatable bonds is 11. The molecule has 0 spiro atoms. The van der Waals surface area contributed by atoms with E-state index in [9.17, 15) is 14.4 Å². The number of nitrogens with zero attached hydrogens (tertiary/aromatic N) is 1. The number of nitrogens with two attached hydrogens (primary N) is 1. The average Bonchev–Trinajstić information content (AvgIpc) is 3.36. The maximum absolute atomic E-state index is 13.9. The second-order valence-corrected chi connectivity index (χ2v) is 10.6. The van der Waals surface area contributed by atoms with Crippen LogP contribution in [0.5, 0.6) is 5.75 Å². The molecule has 1 atom stereocenters. The highest BCUT2D eigenvalue weighted by Gasteiger charge is 2.40. The van der Waals surface area contributed by atoms with Crippen molar-refractivity contribution >= 4 is 28.5 Å². The Morgan fingerprint density at radius 1 is 1.05 bits per heavy atom. The fraction of sp³-hybridized carbons (Fsp3) is 0.621. The van der Waals surface area contributed by atoms with Gasteiger partial charge in [0, 0.05) is 35.8 Å². The van der Waals surface area contributed by atoms with Crippen LogP contribution >= 0.6 is 0 Å². The molecule has 2 saturated carbocycles. The van der Waals surface area contributed by atoms with E-state index >= 15 is 0 Å². The van der Waals surface area contributed by atoms with Crippen molar-refractivity contribution < 1.29 is 19.1 Å². The summed E-state index contributed by atoms with van der Waals surface area (Å²) in [6, 6.07) is 4.88. The topological polar surface area (TPSA) is 118 Å². The van der Waals surface area contributed by atoms with Crippen molar-refractivity contribution in [3.05, 3.63) is 30.0 Å². The molecule has 37 heavy (non-hydrogen) atoms. The van der Waals surface area contributed by atoms with Crippen LogP contribution in [0.4, 0.5) is 0 Å². The van der Waals surface area contributed by atoms with Gasteiger partial charge in [-0.15, -0.1) is 0 Å². The number of amides is 2. The lowest BCUT2D eigenvalue weighted by atomic mass is 9.82. The molecule has 1 aromatic heterocycles. The number of aromatic nitrogens is 1. The van der Waals surface area contributed by atoms with Crippen molar-refractivity contribution in [2.45, 2.75) is 89.1 Å². The summed E-state index contributed by atoms with van der Waals surface area (Å²) >= 11 is 0. The molecule has 4 N–H and O–H groups in total. The maximum atomic E-state index is 13.9. The minimum atomic E-state index is -0.637. The van der Waals surface area contributed by atoms with Gasteiger partial charge in [-0.25, -0.2) is 0 Å². The molecule has 0 aliphatic heterocycles. The zero-order valence-corrected chi connectivity index (χ0v) is 22.1. The minimum absolute atomic E-state index is 0.0548. The summed E-state index contributed by atoms with van der Waals surface area (Å²) in [5.74, 6) is -0.575. The van der Waals surface area contributed by atoms with Gasteiger partial charge in [0.05, 0.1) is 12.7 Å². The molecule has 0 unspecified atom stereocenters. The van der Waals surface area contributed by atoms with Crippen molar-refractivity contribution in [1.82, 2.24) is 15.2 Å². The molecule has 0 radical (unpaired) electrons. The quantitative estimate of drug-likeness (QED) is 0.236. The number of carbonyl (C=O) groups is 3. The predicted octanol–water partition coefficient (Wildman–Crippen LogP) is 4.32. The molecule has 1 aromatic carbocycles. The van der Waals surface area contributed by atoms with E-state index in [0.717, 1.165) is 69.7 Å². The van der Waals surface area contributed by atoms with Gasteiger partial charge in [-0.1, -0.05) is 38.5 Å². The third kappa shape index (κ3) is 6.53. The van der Waals surface area contributed by atoms with Crippen LogP contribution in [0.15, 0.2) is 24.4 Å². The third-order valence-electron chi connectivity index (χ3n) is 8.09. The number of carbonyl (C=O) groups excluding carboxylic acids is 3. The Bertz CT molecular complexity index is 1070. The summed E-state index contributed by atoms with van der Waals surface area (Å²) in [6.07, 6.45) is 13.4. The Hall–Kier alpha value is -2.87. The van der Waals surface area contributed by atoms with Crippen LogP contribution < -0.4 is 15.8 Å². The Morgan fingerprint density at radius 3 is 2.43 bits per heavy atom. The Morgan fingerprint density at radius 2 is 1.76 bits per heavy atom. The monoisotopic (exact) mass is 510 g/mol. The van der Waals surface area contributed by atoms with E-state index in [1.54, 1.807) is 36.4 Å². The number of fused-ring (bicyclic) bond motifs is 1. The molecular formula is C29H42N4O4. The number of aromatic amines is 1. The average molecular weight is 511 g/mol. The largest absolute Gasteiger partial charge is 0.497 e. The molecule has 202 valence electrons. The molecular weight excluding hydrogens is 468 g/mol. The van der Waals surface area contributed by atoms with Crippen LogP contribution in [0.25, 0.3) is 10.9 Å². The van der Waals surface area contributed by atoms with E-state index in [1.165, 1.54) is 6.42 Å². The molecule has 2 fully saturated rings. The summed E-state index contributed by atoms with van der Waals surface area (Å²) in [6.45, 7) is 0.847. The molecule has 0 bridgehead atoms. The predicted molar refractivity (Wildman–Crippen MR) is 145 cm³/mol. The first-order valence-electron chi connectivity index (χ1n) is 14.0. The van der Waals surface area contributed by atoms with Crippen LogP contribution in [0, 0.1) is 5.92 Å².